The fourth-order valence-corrected chi connectivity index (χ4v) is 5.42. The van der Waals surface area contributed by atoms with Gasteiger partial charge in [-0.3, -0.25) is 0 Å². The average molecular weight is 335 g/mol. The van der Waals surface area contributed by atoms with E-state index in [1.807, 2.05) is 0 Å². The lowest BCUT2D eigenvalue weighted by Crippen LogP contribution is -2.37. The highest BCUT2D eigenvalue weighted by Gasteiger charge is 2.46. The Hall–Kier alpha value is -1.60. The zero-order chi connectivity index (χ0) is 17.8. The lowest BCUT2D eigenvalue weighted by atomic mass is 9.75. The maximum atomic E-state index is 2.42. The largest absolute Gasteiger partial charge is 0.0775 e. The number of hydrogen-bond acceptors (Lipinski definition) is 0. The van der Waals surface area contributed by atoms with E-state index in [1.165, 1.54) is 27.5 Å². The van der Waals surface area contributed by atoms with Gasteiger partial charge in [-0.05, 0) is 22.3 Å². The number of fused-ring (bicyclic) bond motifs is 1. The first-order chi connectivity index (χ1) is 11.0. The summed E-state index contributed by atoms with van der Waals surface area (Å²) in [6.07, 6.45) is 2.42. The van der Waals surface area contributed by atoms with E-state index in [2.05, 4.69) is 102 Å². The van der Waals surface area contributed by atoms with Crippen molar-refractivity contribution in [2.24, 2.45) is 0 Å². The molecule has 0 N–H and O–H groups in total. The summed E-state index contributed by atoms with van der Waals surface area (Å²) in [4.78, 5) is 0. The molecule has 0 amide bonds. The van der Waals surface area contributed by atoms with Crippen LogP contribution in [-0.2, 0) is 10.8 Å². The number of rotatable bonds is 2. The van der Waals surface area contributed by atoms with Crippen LogP contribution in [0, 0.1) is 0 Å². The van der Waals surface area contributed by atoms with E-state index in [0.29, 0.717) is 0 Å². The predicted octanol–water partition coefficient (Wildman–Crippen LogP) is 5.88. The van der Waals surface area contributed by atoms with Gasteiger partial charge in [0, 0.05) is 10.8 Å². The molecule has 0 bridgehead atoms. The summed E-state index contributed by atoms with van der Waals surface area (Å²) in [5.74, 6) is 0. The molecule has 1 aliphatic rings. The van der Waals surface area contributed by atoms with Gasteiger partial charge in [-0.1, -0.05) is 107 Å². The zero-order valence-corrected chi connectivity index (χ0v) is 17.2. The monoisotopic (exact) mass is 334 g/mol. The van der Waals surface area contributed by atoms with E-state index in [-0.39, 0.29) is 10.8 Å². The summed E-state index contributed by atoms with van der Waals surface area (Å²) in [7, 11) is -1.23. The molecule has 3 rings (SSSR count). The van der Waals surface area contributed by atoms with Crippen molar-refractivity contribution in [2.75, 3.05) is 0 Å². The van der Waals surface area contributed by atoms with Crippen molar-refractivity contribution in [1.82, 2.24) is 0 Å². The molecule has 0 heterocycles. The zero-order valence-electron chi connectivity index (χ0n) is 16.2. The van der Waals surface area contributed by atoms with E-state index in [1.54, 1.807) is 0 Å². The van der Waals surface area contributed by atoms with Crippen LogP contribution < -0.4 is 5.19 Å². The Morgan fingerprint density at radius 3 is 1.58 bits per heavy atom. The molecule has 0 atom stereocenters. The molecule has 0 aromatic heterocycles. The minimum atomic E-state index is -1.23. The second-order valence-corrected chi connectivity index (χ2v) is 14.3. The first-order valence-corrected chi connectivity index (χ1v) is 12.5. The molecule has 0 unspecified atom stereocenters. The van der Waals surface area contributed by atoms with Gasteiger partial charge in [0.2, 0.25) is 0 Å². The van der Waals surface area contributed by atoms with Crippen LogP contribution in [0.1, 0.15) is 44.4 Å². The Morgan fingerprint density at radius 2 is 1.17 bits per heavy atom. The number of benzene rings is 2. The van der Waals surface area contributed by atoms with E-state index in [9.17, 15) is 0 Å². The maximum Gasteiger partial charge on any atom is 0.0775 e. The van der Waals surface area contributed by atoms with Gasteiger partial charge in [0.15, 0.2) is 0 Å². The minimum Gasteiger partial charge on any atom is -0.0656 e. The van der Waals surface area contributed by atoms with Crippen molar-refractivity contribution >= 4 is 19.3 Å². The molecule has 0 spiro atoms. The molecule has 0 nitrogen and oxygen atoms in total. The molecule has 2 aromatic rings. The van der Waals surface area contributed by atoms with Gasteiger partial charge < -0.3 is 0 Å². The highest BCUT2D eigenvalue weighted by Crippen LogP contribution is 2.53. The Balaban J connectivity index is 2.08. The van der Waals surface area contributed by atoms with Crippen LogP contribution in [0.5, 0.6) is 0 Å². The SMILES string of the molecule is CC1(C)C(=Cc2ccc([Si](C)(C)C)cc2)C(C)(C)c2ccccc21. The summed E-state index contributed by atoms with van der Waals surface area (Å²) < 4.78 is 0. The van der Waals surface area contributed by atoms with Crippen molar-refractivity contribution in [1.29, 1.82) is 0 Å². The van der Waals surface area contributed by atoms with Crippen molar-refractivity contribution in [2.45, 2.75) is 58.2 Å². The minimum absolute atomic E-state index is 0.0809. The Labute approximate surface area is 148 Å². The highest BCUT2D eigenvalue weighted by atomic mass is 28.3. The molecule has 0 fully saturated rings. The summed E-state index contributed by atoms with van der Waals surface area (Å²) in [6.45, 7) is 16.7. The van der Waals surface area contributed by atoms with E-state index < -0.39 is 8.07 Å². The molecule has 2 aromatic carbocycles. The lowest BCUT2D eigenvalue weighted by Gasteiger charge is -2.29. The second kappa shape index (κ2) is 5.45. The Bertz CT molecular complexity index is 747. The Kier molecular flexibility index (Phi) is 3.92. The van der Waals surface area contributed by atoms with Gasteiger partial charge in [0.25, 0.3) is 0 Å². The predicted molar refractivity (Wildman–Crippen MR) is 110 cm³/mol. The molecular formula is C23H30Si. The molecule has 0 saturated heterocycles. The average Bonchev–Trinajstić information content (AvgIpc) is 2.65. The molecule has 24 heavy (non-hydrogen) atoms. The van der Waals surface area contributed by atoms with Gasteiger partial charge in [-0.25, -0.2) is 0 Å². The van der Waals surface area contributed by atoms with Crippen molar-refractivity contribution in [3.8, 4) is 0 Å². The summed E-state index contributed by atoms with van der Waals surface area (Å²) in [5.41, 5.74) is 5.94. The normalized spacial score (nSPS) is 18.4. The number of allylic oxidation sites excluding steroid dienone is 1. The van der Waals surface area contributed by atoms with E-state index in [4.69, 9.17) is 0 Å². The van der Waals surface area contributed by atoms with E-state index in [0.717, 1.165) is 0 Å². The first-order valence-electron chi connectivity index (χ1n) is 8.98. The maximum absolute atomic E-state index is 2.42. The van der Waals surface area contributed by atoms with Gasteiger partial charge in [-0.15, -0.1) is 0 Å². The molecule has 126 valence electrons. The Morgan fingerprint density at radius 1 is 0.708 bits per heavy atom. The molecular weight excluding hydrogens is 304 g/mol. The molecule has 1 heteroatoms. The molecule has 0 radical (unpaired) electrons. The van der Waals surface area contributed by atoms with Gasteiger partial charge in [0.05, 0.1) is 8.07 Å². The third-order valence-electron chi connectivity index (χ3n) is 5.71. The van der Waals surface area contributed by atoms with Crippen molar-refractivity contribution in [3.05, 3.63) is 70.8 Å². The standard InChI is InChI=1S/C23H30Si/c1-22(2)19-10-8-9-11-20(19)23(3,4)21(22)16-17-12-14-18(15-13-17)24(5,6)7/h8-16H,1-7H3. The van der Waals surface area contributed by atoms with Crippen LogP contribution in [-0.4, -0.2) is 8.07 Å². The third-order valence-corrected chi connectivity index (χ3v) is 7.77. The van der Waals surface area contributed by atoms with Gasteiger partial charge >= 0.3 is 0 Å². The fraction of sp³-hybridized carbons (Fsp3) is 0.391. The van der Waals surface area contributed by atoms with Crippen LogP contribution in [0.3, 0.4) is 0 Å². The lowest BCUT2D eigenvalue weighted by molar-refractivity contribution is 0.555. The first kappa shape index (κ1) is 17.2. The molecule has 0 saturated carbocycles. The smallest absolute Gasteiger partial charge is 0.0656 e. The van der Waals surface area contributed by atoms with Crippen LogP contribution in [0.25, 0.3) is 6.08 Å². The topological polar surface area (TPSA) is 0 Å². The third kappa shape index (κ3) is 2.69. The van der Waals surface area contributed by atoms with Crippen LogP contribution in [0.15, 0.2) is 54.1 Å². The summed E-state index contributed by atoms with van der Waals surface area (Å²) in [5, 5.41) is 1.53. The highest BCUT2D eigenvalue weighted by molar-refractivity contribution is 6.88. The van der Waals surface area contributed by atoms with Crippen LogP contribution in [0.4, 0.5) is 0 Å². The van der Waals surface area contributed by atoms with Crippen molar-refractivity contribution in [3.63, 3.8) is 0 Å². The molecule has 0 aliphatic heterocycles. The van der Waals surface area contributed by atoms with Crippen LogP contribution >= 0.6 is 0 Å². The fourth-order valence-electron chi connectivity index (χ4n) is 4.25. The van der Waals surface area contributed by atoms with Gasteiger partial charge in [0.1, 0.15) is 0 Å². The summed E-state index contributed by atoms with van der Waals surface area (Å²) >= 11 is 0. The van der Waals surface area contributed by atoms with Crippen molar-refractivity contribution < 1.29 is 0 Å². The molecule has 1 aliphatic carbocycles. The second-order valence-electron chi connectivity index (χ2n) is 9.23. The summed E-state index contributed by atoms with van der Waals surface area (Å²) in [6, 6.07) is 18.2. The van der Waals surface area contributed by atoms with Crippen LogP contribution in [0.2, 0.25) is 19.6 Å². The quantitative estimate of drug-likeness (QED) is 0.601. The van der Waals surface area contributed by atoms with Gasteiger partial charge in [-0.2, -0.15) is 0 Å². The van der Waals surface area contributed by atoms with E-state index >= 15 is 0 Å². The number of hydrogen-bond donors (Lipinski definition) is 0.